The summed E-state index contributed by atoms with van der Waals surface area (Å²) in [5, 5.41) is 14.9. The number of hydrogen-bond acceptors (Lipinski definition) is 3. The maximum atomic E-state index is 12.2. The average molecular weight is 425 g/mol. The minimum atomic E-state index is -1.10. The van der Waals surface area contributed by atoms with E-state index in [0.717, 1.165) is 16.7 Å². The highest BCUT2D eigenvalue weighted by Gasteiger charge is 2.21. The van der Waals surface area contributed by atoms with Crippen molar-refractivity contribution in [1.29, 1.82) is 0 Å². The first kappa shape index (κ1) is 24.1. The molecule has 0 aromatic heterocycles. The van der Waals surface area contributed by atoms with Crippen molar-refractivity contribution in [2.75, 3.05) is 0 Å². The van der Waals surface area contributed by atoms with Crippen molar-refractivity contribution in [3.63, 3.8) is 0 Å². The molecule has 3 N–H and O–H groups in total. The van der Waals surface area contributed by atoms with Crippen LogP contribution in [-0.2, 0) is 26.2 Å². The molecule has 6 nitrogen and oxygen atoms in total. The zero-order valence-electron chi connectivity index (χ0n) is 18.6. The summed E-state index contributed by atoms with van der Waals surface area (Å²) in [6, 6.07) is 16.1. The number of amides is 2. The zero-order chi connectivity index (χ0) is 23.0. The van der Waals surface area contributed by atoms with Gasteiger partial charge in [0.25, 0.3) is 0 Å². The molecule has 2 aromatic carbocycles. The average Bonchev–Trinajstić information content (AvgIpc) is 2.72. The molecule has 0 fully saturated rings. The number of rotatable bonds is 9. The SMILES string of the molecule is C[C@@H](NC(=O)CCC(=O)N[C@H](Cc1ccc(C(C)(C)C)cc1)C(=O)O)c1ccccc1. The van der Waals surface area contributed by atoms with E-state index in [-0.39, 0.29) is 36.6 Å². The Morgan fingerprint density at radius 2 is 1.42 bits per heavy atom. The predicted octanol–water partition coefficient (Wildman–Crippen LogP) is 3.75. The van der Waals surface area contributed by atoms with Gasteiger partial charge in [0.2, 0.25) is 11.8 Å². The standard InChI is InChI=1S/C25H32N2O4/c1-17(19-8-6-5-7-9-19)26-22(28)14-15-23(29)27-21(24(30)31)16-18-10-12-20(13-11-18)25(2,3)4/h5-13,17,21H,14-16H2,1-4H3,(H,26,28)(H,27,29)(H,30,31)/t17-,21-/m1/s1. The fourth-order valence-corrected chi connectivity index (χ4v) is 3.21. The molecule has 6 heteroatoms. The highest BCUT2D eigenvalue weighted by Crippen LogP contribution is 2.22. The molecular weight excluding hydrogens is 392 g/mol. The van der Waals surface area contributed by atoms with E-state index in [1.165, 1.54) is 0 Å². The summed E-state index contributed by atoms with van der Waals surface area (Å²) < 4.78 is 0. The third-order valence-corrected chi connectivity index (χ3v) is 5.15. The molecule has 0 aliphatic heterocycles. The highest BCUT2D eigenvalue weighted by molar-refractivity contribution is 5.87. The lowest BCUT2D eigenvalue weighted by Crippen LogP contribution is -2.42. The quantitative estimate of drug-likeness (QED) is 0.571. The lowest BCUT2D eigenvalue weighted by Gasteiger charge is -2.20. The number of carboxylic acid groups (broad SMARTS) is 1. The van der Waals surface area contributed by atoms with Crippen LogP contribution in [0.4, 0.5) is 0 Å². The molecule has 2 atom stereocenters. The van der Waals surface area contributed by atoms with Gasteiger partial charge in [0.05, 0.1) is 6.04 Å². The molecule has 0 radical (unpaired) electrons. The minimum absolute atomic E-state index is 0.00434. The maximum Gasteiger partial charge on any atom is 0.326 e. The number of carbonyl (C=O) groups is 3. The van der Waals surface area contributed by atoms with E-state index in [1.54, 1.807) is 0 Å². The van der Waals surface area contributed by atoms with E-state index in [9.17, 15) is 19.5 Å². The van der Waals surface area contributed by atoms with Gasteiger partial charge in [0.15, 0.2) is 0 Å². The third-order valence-electron chi connectivity index (χ3n) is 5.15. The van der Waals surface area contributed by atoms with Crippen LogP contribution < -0.4 is 10.6 Å². The van der Waals surface area contributed by atoms with Gasteiger partial charge < -0.3 is 15.7 Å². The van der Waals surface area contributed by atoms with Crippen LogP contribution in [0.2, 0.25) is 0 Å². The van der Waals surface area contributed by atoms with Crippen LogP contribution in [0.1, 0.15) is 63.3 Å². The van der Waals surface area contributed by atoms with Gasteiger partial charge in [0, 0.05) is 19.3 Å². The Morgan fingerprint density at radius 3 is 1.94 bits per heavy atom. The van der Waals surface area contributed by atoms with Crippen molar-refractivity contribution in [1.82, 2.24) is 10.6 Å². The van der Waals surface area contributed by atoms with Crippen molar-refractivity contribution in [3.8, 4) is 0 Å². The van der Waals surface area contributed by atoms with Gasteiger partial charge in [0.1, 0.15) is 6.04 Å². The van der Waals surface area contributed by atoms with Crippen molar-refractivity contribution in [2.45, 2.75) is 64.5 Å². The van der Waals surface area contributed by atoms with Crippen molar-refractivity contribution in [3.05, 3.63) is 71.3 Å². The van der Waals surface area contributed by atoms with Gasteiger partial charge in [-0.3, -0.25) is 9.59 Å². The van der Waals surface area contributed by atoms with Crippen LogP contribution in [0.5, 0.6) is 0 Å². The molecule has 31 heavy (non-hydrogen) atoms. The molecule has 0 saturated heterocycles. The molecule has 2 rings (SSSR count). The van der Waals surface area contributed by atoms with Gasteiger partial charge >= 0.3 is 5.97 Å². The largest absolute Gasteiger partial charge is 0.480 e. The molecule has 0 unspecified atom stereocenters. The first-order valence-corrected chi connectivity index (χ1v) is 10.5. The van der Waals surface area contributed by atoms with Crippen LogP contribution in [0, 0.1) is 0 Å². The molecule has 0 spiro atoms. The van der Waals surface area contributed by atoms with Crippen LogP contribution in [0.3, 0.4) is 0 Å². The van der Waals surface area contributed by atoms with Crippen LogP contribution in [0.25, 0.3) is 0 Å². The Bertz CT molecular complexity index is 886. The van der Waals surface area contributed by atoms with Crippen LogP contribution in [-0.4, -0.2) is 28.9 Å². The molecule has 0 aliphatic carbocycles. The predicted molar refractivity (Wildman–Crippen MR) is 121 cm³/mol. The van der Waals surface area contributed by atoms with Gasteiger partial charge in [-0.2, -0.15) is 0 Å². The molecule has 0 aliphatic rings. The Hall–Kier alpha value is -3.15. The fourth-order valence-electron chi connectivity index (χ4n) is 3.21. The topological polar surface area (TPSA) is 95.5 Å². The molecule has 2 aromatic rings. The fraction of sp³-hybridized carbons (Fsp3) is 0.400. The Morgan fingerprint density at radius 1 is 0.871 bits per heavy atom. The number of carbonyl (C=O) groups excluding carboxylic acids is 2. The van der Waals surface area contributed by atoms with Gasteiger partial charge in [-0.05, 0) is 29.0 Å². The Labute approximate surface area is 184 Å². The van der Waals surface area contributed by atoms with Gasteiger partial charge in [-0.1, -0.05) is 75.4 Å². The first-order chi connectivity index (χ1) is 14.6. The monoisotopic (exact) mass is 424 g/mol. The Balaban J connectivity index is 1.85. The molecule has 0 bridgehead atoms. The molecule has 2 amide bonds. The number of aliphatic carboxylic acids is 1. The highest BCUT2D eigenvalue weighted by atomic mass is 16.4. The maximum absolute atomic E-state index is 12.2. The summed E-state index contributed by atoms with van der Waals surface area (Å²) in [4.78, 5) is 36.0. The molecular formula is C25H32N2O4. The number of hydrogen-bond donors (Lipinski definition) is 3. The molecule has 0 saturated carbocycles. The number of nitrogens with one attached hydrogen (secondary N) is 2. The minimum Gasteiger partial charge on any atom is -0.480 e. The van der Waals surface area contributed by atoms with Gasteiger partial charge in [-0.15, -0.1) is 0 Å². The van der Waals surface area contributed by atoms with Crippen molar-refractivity contribution in [2.24, 2.45) is 0 Å². The van der Waals surface area contributed by atoms with E-state index in [2.05, 4.69) is 31.4 Å². The summed E-state index contributed by atoms with van der Waals surface area (Å²) in [5.74, 6) is -1.81. The summed E-state index contributed by atoms with van der Waals surface area (Å²) in [6.07, 6.45) is 0.110. The summed E-state index contributed by atoms with van der Waals surface area (Å²) in [5.41, 5.74) is 2.97. The second-order valence-electron chi connectivity index (χ2n) is 8.81. The number of benzene rings is 2. The smallest absolute Gasteiger partial charge is 0.326 e. The molecule has 166 valence electrons. The van der Waals surface area contributed by atoms with Crippen LogP contribution >= 0.6 is 0 Å². The summed E-state index contributed by atoms with van der Waals surface area (Å²) >= 11 is 0. The summed E-state index contributed by atoms with van der Waals surface area (Å²) in [6.45, 7) is 8.20. The van der Waals surface area contributed by atoms with E-state index < -0.39 is 17.9 Å². The van der Waals surface area contributed by atoms with Gasteiger partial charge in [-0.25, -0.2) is 4.79 Å². The van der Waals surface area contributed by atoms with E-state index in [1.807, 2.05) is 61.5 Å². The zero-order valence-corrected chi connectivity index (χ0v) is 18.6. The van der Waals surface area contributed by atoms with Crippen LogP contribution in [0.15, 0.2) is 54.6 Å². The lowest BCUT2D eigenvalue weighted by atomic mass is 9.86. The van der Waals surface area contributed by atoms with E-state index >= 15 is 0 Å². The second kappa shape index (κ2) is 10.8. The summed E-state index contributed by atoms with van der Waals surface area (Å²) in [7, 11) is 0. The lowest BCUT2D eigenvalue weighted by molar-refractivity contribution is -0.141. The second-order valence-corrected chi connectivity index (χ2v) is 8.81. The molecule has 0 heterocycles. The van der Waals surface area contributed by atoms with E-state index in [0.29, 0.717) is 0 Å². The normalized spacial score (nSPS) is 13.2. The third kappa shape index (κ3) is 7.89. The van der Waals surface area contributed by atoms with Crippen molar-refractivity contribution < 1.29 is 19.5 Å². The van der Waals surface area contributed by atoms with E-state index in [4.69, 9.17) is 0 Å². The first-order valence-electron chi connectivity index (χ1n) is 10.5. The Kier molecular flexibility index (Phi) is 8.37. The van der Waals surface area contributed by atoms with Crippen molar-refractivity contribution >= 4 is 17.8 Å². The number of carboxylic acids is 1.